The Bertz CT molecular complexity index is 989. The summed E-state index contributed by atoms with van der Waals surface area (Å²) in [6.45, 7) is 14.6. The first kappa shape index (κ1) is 29.3. The molecule has 2 rings (SSSR count). The third-order valence-electron chi connectivity index (χ3n) is 7.45. The minimum atomic E-state index is -0.913. The van der Waals surface area contributed by atoms with E-state index < -0.39 is 12.0 Å². The number of halogens is 2. The number of benzene rings is 2. The summed E-state index contributed by atoms with van der Waals surface area (Å²) < 4.78 is 14.6. The van der Waals surface area contributed by atoms with Gasteiger partial charge in [-0.05, 0) is 105 Å². The molecule has 2 atom stereocenters. The zero-order valence-electron chi connectivity index (χ0n) is 22.4. The Kier molecular flexibility index (Phi) is 11.2. The summed E-state index contributed by atoms with van der Waals surface area (Å²) in [5.74, 6) is -1.07. The van der Waals surface area contributed by atoms with Crippen molar-refractivity contribution < 1.29 is 14.3 Å². The maximum atomic E-state index is 14.6. The van der Waals surface area contributed by atoms with Crippen LogP contribution in [0.3, 0.4) is 0 Å². The molecule has 6 heteroatoms. The molecule has 194 valence electrons. The van der Waals surface area contributed by atoms with Gasteiger partial charge in [-0.15, -0.1) is 0 Å². The quantitative estimate of drug-likeness (QED) is 0.306. The molecule has 0 aliphatic rings. The monoisotopic (exact) mass is 504 g/mol. The van der Waals surface area contributed by atoms with Crippen LogP contribution in [0.5, 0.6) is 0 Å². The van der Waals surface area contributed by atoms with Gasteiger partial charge in [-0.1, -0.05) is 51.4 Å². The van der Waals surface area contributed by atoms with E-state index in [-0.39, 0.29) is 17.8 Å². The Morgan fingerprint density at radius 3 is 2.20 bits per heavy atom. The second-order valence-corrected chi connectivity index (χ2v) is 9.87. The lowest BCUT2D eigenvalue weighted by molar-refractivity contribution is -0.143. The fourth-order valence-electron chi connectivity index (χ4n) is 5.38. The summed E-state index contributed by atoms with van der Waals surface area (Å²) >= 11 is 6.35. The number of hydrogen-bond acceptors (Lipinski definition) is 3. The van der Waals surface area contributed by atoms with E-state index in [2.05, 4.69) is 39.5 Å². The molecule has 0 saturated heterocycles. The third kappa shape index (κ3) is 6.84. The normalized spacial score (nSPS) is 13.6. The van der Waals surface area contributed by atoms with Crippen LogP contribution in [0.4, 0.5) is 4.39 Å². The lowest BCUT2D eigenvalue weighted by Gasteiger charge is -2.34. The smallest absolute Gasteiger partial charge is 0.325 e. The molecule has 35 heavy (non-hydrogen) atoms. The topological polar surface area (TPSA) is 43.8 Å². The predicted octanol–water partition coefficient (Wildman–Crippen LogP) is 7.53. The molecule has 0 aliphatic carbocycles. The van der Waals surface area contributed by atoms with Crippen LogP contribution in [-0.4, -0.2) is 47.6 Å². The zero-order chi connectivity index (χ0) is 26.3. The van der Waals surface area contributed by atoms with E-state index in [9.17, 15) is 14.3 Å². The van der Waals surface area contributed by atoms with E-state index in [0.29, 0.717) is 22.7 Å². The zero-order valence-corrected chi connectivity index (χ0v) is 23.1. The molecular weight excluding hydrogens is 463 g/mol. The van der Waals surface area contributed by atoms with Crippen molar-refractivity contribution in [2.75, 3.05) is 26.7 Å². The van der Waals surface area contributed by atoms with E-state index in [1.54, 1.807) is 13.0 Å². The maximum absolute atomic E-state index is 14.6. The Labute approximate surface area is 216 Å². The first-order valence-electron chi connectivity index (χ1n) is 12.8. The highest BCUT2D eigenvalue weighted by atomic mass is 35.5. The Morgan fingerprint density at radius 1 is 1.03 bits per heavy atom. The minimum absolute atomic E-state index is 0.119. The van der Waals surface area contributed by atoms with Gasteiger partial charge in [0, 0.05) is 17.6 Å². The Morgan fingerprint density at radius 2 is 1.66 bits per heavy atom. The lowest BCUT2D eigenvalue weighted by Crippen LogP contribution is -2.36. The number of aliphatic carboxylic acids is 1. The van der Waals surface area contributed by atoms with Crippen LogP contribution in [0.15, 0.2) is 30.3 Å². The summed E-state index contributed by atoms with van der Waals surface area (Å²) in [7, 11) is 1.86. The molecule has 0 aliphatic heterocycles. The van der Waals surface area contributed by atoms with Gasteiger partial charge < -0.3 is 5.11 Å². The summed E-state index contributed by atoms with van der Waals surface area (Å²) in [5, 5.41) is 11.0. The highest BCUT2D eigenvalue weighted by Crippen LogP contribution is 2.37. The fraction of sp³-hybridized carbons (Fsp3) is 0.552. The third-order valence-corrected chi connectivity index (χ3v) is 7.69. The molecule has 0 saturated carbocycles. The van der Waals surface area contributed by atoms with Crippen LogP contribution < -0.4 is 0 Å². The maximum Gasteiger partial charge on any atom is 0.325 e. The van der Waals surface area contributed by atoms with E-state index in [4.69, 9.17) is 11.6 Å². The number of carbonyl (C=O) groups is 1. The first-order valence-corrected chi connectivity index (χ1v) is 13.2. The van der Waals surface area contributed by atoms with Crippen LogP contribution in [0.1, 0.15) is 92.8 Å². The molecular formula is C29H42ClFN2O2. The molecule has 0 radical (unpaired) electrons. The average Bonchev–Trinajstić information content (AvgIpc) is 2.82. The van der Waals surface area contributed by atoms with Crippen molar-refractivity contribution >= 4 is 17.6 Å². The predicted molar refractivity (Wildman–Crippen MR) is 144 cm³/mol. The van der Waals surface area contributed by atoms with Gasteiger partial charge >= 0.3 is 5.97 Å². The van der Waals surface area contributed by atoms with Crippen molar-refractivity contribution in [1.29, 1.82) is 0 Å². The number of rotatable bonds is 13. The molecule has 0 heterocycles. The first-order chi connectivity index (χ1) is 16.6. The number of carboxylic acids is 1. The number of hydrogen-bond donors (Lipinski definition) is 1. The summed E-state index contributed by atoms with van der Waals surface area (Å²) in [6.07, 6.45) is 2.42. The van der Waals surface area contributed by atoms with Gasteiger partial charge in [0.05, 0.1) is 0 Å². The largest absolute Gasteiger partial charge is 0.480 e. The Hall–Kier alpha value is -1.95. The number of nitrogens with zero attached hydrogens (tertiary/aromatic N) is 2. The summed E-state index contributed by atoms with van der Waals surface area (Å²) in [4.78, 5) is 16.9. The fourth-order valence-corrected chi connectivity index (χ4v) is 5.56. The minimum Gasteiger partial charge on any atom is -0.480 e. The van der Waals surface area contributed by atoms with Crippen molar-refractivity contribution in [3.63, 3.8) is 0 Å². The lowest BCUT2D eigenvalue weighted by atomic mass is 9.83. The van der Waals surface area contributed by atoms with Crippen LogP contribution in [0.2, 0.25) is 5.02 Å². The van der Waals surface area contributed by atoms with Crippen LogP contribution in [0.25, 0.3) is 0 Å². The molecule has 1 N–H and O–H groups in total. The standard InChI is InChI=1S/C29H42ClFN2O2/c1-8-21(9-2)27-20(6)25(31)15-14-23(27)28(29(34)35)32(7)17-16-26(33(10-3)11-4)24-18-22(30)13-12-19(24)5/h12-15,18,21,26,28H,8-11,16-17H2,1-7H3,(H,34,35)/t26-,28?/m0/s1. The van der Waals surface area contributed by atoms with E-state index in [1.165, 1.54) is 17.2 Å². The highest BCUT2D eigenvalue weighted by Gasteiger charge is 2.31. The molecule has 0 bridgehead atoms. The number of likely N-dealkylation sites (N-methyl/N-ethyl adjacent to an activating group) is 1. The van der Waals surface area contributed by atoms with Gasteiger partial charge in [-0.25, -0.2) is 4.39 Å². The van der Waals surface area contributed by atoms with Crippen LogP contribution >= 0.6 is 11.6 Å². The molecule has 2 aromatic rings. The van der Waals surface area contributed by atoms with Crippen LogP contribution in [-0.2, 0) is 4.79 Å². The molecule has 0 spiro atoms. The Balaban J connectivity index is 2.45. The molecule has 2 aromatic carbocycles. The van der Waals surface area contributed by atoms with E-state index in [1.807, 2.05) is 30.1 Å². The molecule has 1 unspecified atom stereocenters. The second kappa shape index (κ2) is 13.4. The molecule has 0 fully saturated rings. The van der Waals surface area contributed by atoms with E-state index >= 15 is 0 Å². The van der Waals surface area contributed by atoms with Gasteiger partial charge in [-0.2, -0.15) is 0 Å². The van der Waals surface area contributed by atoms with Crippen LogP contribution in [0, 0.1) is 19.7 Å². The van der Waals surface area contributed by atoms with Crippen molar-refractivity contribution in [2.45, 2.75) is 78.8 Å². The molecule has 4 nitrogen and oxygen atoms in total. The van der Waals surface area contributed by atoms with Gasteiger partial charge in [0.15, 0.2) is 0 Å². The average molecular weight is 505 g/mol. The van der Waals surface area contributed by atoms with Gasteiger partial charge in [-0.3, -0.25) is 14.6 Å². The van der Waals surface area contributed by atoms with Crippen molar-refractivity contribution in [2.24, 2.45) is 0 Å². The van der Waals surface area contributed by atoms with Gasteiger partial charge in [0.1, 0.15) is 11.9 Å². The van der Waals surface area contributed by atoms with E-state index in [0.717, 1.165) is 37.9 Å². The number of carboxylic acid groups (broad SMARTS) is 1. The highest BCUT2D eigenvalue weighted by molar-refractivity contribution is 6.30. The second-order valence-electron chi connectivity index (χ2n) is 9.44. The number of aryl methyl sites for hydroxylation is 1. The summed E-state index contributed by atoms with van der Waals surface area (Å²) in [6, 6.07) is 8.34. The van der Waals surface area contributed by atoms with Gasteiger partial charge in [0.2, 0.25) is 0 Å². The molecule has 0 amide bonds. The van der Waals surface area contributed by atoms with Crippen molar-refractivity contribution in [1.82, 2.24) is 9.80 Å². The van der Waals surface area contributed by atoms with Crippen molar-refractivity contribution in [3.8, 4) is 0 Å². The SMILES string of the molecule is CCC(CC)c1c(C(C(=O)O)N(C)CC[C@@H](c2cc(Cl)ccc2C)N(CC)CC)ccc(F)c1C. The summed E-state index contributed by atoms with van der Waals surface area (Å²) in [5.41, 5.74) is 4.46. The van der Waals surface area contributed by atoms with Crippen molar-refractivity contribution in [3.05, 3.63) is 69.0 Å². The van der Waals surface area contributed by atoms with Gasteiger partial charge in [0.25, 0.3) is 0 Å². The molecule has 0 aromatic heterocycles.